The molecule has 0 bridgehead atoms. The summed E-state index contributed by atoms with van der Waals surface area (Å²) in [6.07, 6.45) is 11.0. The molecule has 0 heterocycles. The second-order valence-corrected chi connectivity index (χ2v) is 16.0. The molecule has 0 radical (unpaired) electrons. The molecule has 0 atom stereocenters. The molecule has 0 spiro atoms. The van der Waals surface area contributed by atoms with Crippen LogP contribution in [0, 0.1) is 13.8 Å². The van der Waals surface area contributed by atoms with Gasteiger partial charge in [-0.15, -0.1) is 0 Å². The number of ether oxygens (including phenoxy) is 2. The predicted octanol–water partition coefficient (Wildman–Crippen LogP) is 9.50. The third kappa shape index (κ3) is 19.6. The first kappa shape index (κ1) is 49.7. The van der Waals surface area contributed by atoms with E-state index in [-0.39, 0.29) is 23.1 Å². The van der Waals surface area contributed by atoms with Gasteiger partial charge >= 0.3 is 30.2 Å². The fraction of sp³-hybridized carbons (Fsp3) is 0.356. The van der Waals surface area contributed by atoms with Gasteiger partial charge in [0.2, 0.25) is 0 Å². The third-order valence-electron chi connectivity index (χ3n) is 9.13. The van der Waals surface area contributed by atoms with Crippen molar-refractivity contribution >= 4 is 57.3 Å². The van der Waals surface area contributed by atoms with Gasteiger partial charge in [0.15, 0.2) is 0 Å². The van der Waals surface area contributed by atoms with Gasteiger partial charge in [-0.2, -0.15) is 0 Å². The van der Waals surface area contributed by atoms with Crippen molar-refractivity contribution in [2.24, 2.45) is 0 Å². The largest absolute Gasteiger partial charge is 0.481 e. The quantitative estimate of drug-likeness (QED) is 0.0416. The fourth-order valence-corrected chi connectivity index (χ4v) is 6.64. The number of benzene rings is 4. The smallest absolute Gasteiger partial charge is 0.417 e. The Kier molecular flexibility index (Phi) is 21.3. The van der Waals surface area contributed by atoms with Crippen molar-refractivity contribution in [1.82, 2.24) is 15.4 Å². The molecule has 4 aromatic rings. The Morgan fingerprint density at radius 1 is 0.613 bits per heavy atom. The number of carbonyl (C=O) groups is 5. The number of carboxylic acids is 1. The Balaban J connectivity index is 0.000000348. The minimum Gasteiger partial charge on any atom is -0.481 e. The zero-order valence-corrected chi connectivity index (χ0v) is 36.5. The van der Waals surface area contributed by atoms with E-state index in [1.807, 2.05) is 11.6 Å². The number of urea groups is 2. The molecule has 4 aromatic carbocycles. The number of carboxylic acid groups (broad SMARTS) is 1. The van der Waals surface area contributed by atoms with Crippen molar-refractivity contribution in [2.75, 3.05) is 29.5 Å². The van der Waals surface area contributed by atoms with Crippen LogP contribution in [0.3, 0.4) is 0 Å². The highest BCUT2D eigenvalue weighted by molar-refractivity contribution is 7.90. The normalized spacial score (nSPS) is 10.6. The Labute approximate surface area is 363 Å². The molecule has 0 unspecified atom stereocenters. The van der Waals surface area contributed by atoms with Crippen LogP contribution in [-0.2, 0) is 21.2 Å². The first-order chi connectivity index (χ1) is 29.7. The Hall–Kier alpha value is -6.62. The molecule has 6 amide bonds. The zero-order chi connectivity index (χ0) is 45.3. The van der Waals surface area contributed by atoms with E-state index in [0.717, 1.165) is 24.0 Å². The Bertz CT molecular complexity index is 2160. The van der Waals surface area contributed by atoms with E-state index in [1.165, 1.54) is 107 Å². The van der Waals surface area contributed by atoms with Gasteiger partial charge in [0.25, 0.3) is 10.0 Å². The maximum absolute atomic E-state index is 12.3. The summed E-state index contributed by atoms with van der Waals surface area (Å²) < 4.78 is 37.0. The van der Waals surface area contributed by atoms with Gasteiger partial charge < -0.3 is 35.8 Å². The average molecular weight is 875 g/mol. The highest BCUT2D eigenvalue weighted by Crippen LogP contribution is 2.22. The number of rotatable bonds is 20. The lowest BCUT2D eigenvalue weighted by Gasteiger charge is -2.12. The van der Waals surface area contributed by atoms with Crippen LogP contribution in [0.5, 0.6) is 11.5 Å². The van der Waals surface area contributed by atoms with Crippen LogP contribution >= 0.6 is 0 Å². The highest BCUT2D eigenvalue weighted by Gasteiger charge is 2.18. The van der Waals surface area contributed by atoms with Crippen molar-refractivity contribution in [3.05, 3.63) is 108 Å². The standard InChI is InChI=1S/C27H39N3O5S.C18H19N3O5/c1-3-4-5-6-7-8-9-10-11-12-21-28-27(32)35-24-17-15-23(16-18-24)29-26(31)30-36(33,34)25-19-13-22(2)14-20-25;1-11-3-6-13(20-17(24)19-2)10-15(11)21-18(25)26-14-7-4-12(5-8-14)9-16(22)23/h13-20H,3-12,21H2,1-2H3,(H,28,32)(H2,29,30,31);3-8,10H,9H2,1-2H3,(H,21,25)(H,22,23)(H2,19,20,24). The molecule has 16 nitrogen and oxygen atoms in total. The van der Waals surface area contributed by atoms with Crippen LogP contribution in [0.4, 0.5) is 36.2 Å². The molecular weight excluding hydrogens is 817 g/mol. The van der Waals surface area contributed by atoms with Crippen molar-refractivity contribution in [3.63, 3.8) is 0 Å². The molecule has 0 aliphatic carbocycles. The van der Waals surface area contributed by atoms with Gasteiger partial charge in [0.1, 0.15) is 11.5 Å². The maximum Gasteiger partial charge on any atom is 0.417 e. The van der Waals surface area contributed by atoms with Gasteiger partial charge in [-0.05, 0) is 92.1 Å². The molecule has 0 fully saturated rings. The second-order valence-electron chi connectivity index (χ2n) is 14.4. The molecule has 0 aromatic heterocycles. The van der Waals surface area contributed by atoms with Gasteiger partial charge in [0.05, 0.1) is 11.3 Å². The maximum atomic E-state index is 12.3. The first-order valence-corrected chi connectivity index (χ1v) is 22.0. The minimum atomic E-state index is -3.98. The number of carbonyl (C=O) groups excluding carboxylic acids is 4. The molecule has 0 aliphatic heterocycles. The number of amides is 6. The van der Waals surface area contributed by atoms with Crippen LogP contribution in [0.25, 0.3) is 0 Å². The Morgan fingerprint density at radius 2 is 1.15 bits per heavy atom. The summed E-state index contributed by atoms with van der Waals surface area (Å²) in [7, 11) is -2.48. The molecule has 334 valence electrons. The fourth-order valence-electron chi connectivity index (χ4n) is 5.73. The van der Waals surface area contributed by atoms with Crippen LogP contribution in [-0.4, -0.2) is 57.3 Å². The van der Waals surface area contributed by atoms with Crippen molar-refractivity contribution < 1.29 is 47.0 Å². The lowest BCUT2D eigenvalue weighted by molar-refractivity contribution is -0.136. The van der Waals surface area contributed by atoms with Gasteiger partial charge in [0, 0.05) is 30.7 Å². The molecule has 17 heteroatoms. The van der Waals surface area contributed by atoms with E-state index < -0.39 is 34.2 Å². The summed E-state index contributed by atoms with van der Waals surface area (Å²) in [4.78, 5) is 58.2. The molecule has 4 rings (SSSR count). The van der Waals surface area contributed by atoms with Crippen LogP contribution in [0.15, 0.2) is 95.9 Å². The number of sulfonamides is 1. The number of anilines is 3. The highest BCUT2D eigenvalue weighted by atomic mass is 32.2. The summed E-state index contributed by atoms with van der Waals surface area (Å²) in [5, 5.41) is 21.6. The van der Waals surface area contributed by atoms with Crippen LogP contribution in [0.1, 0.15) is 87.8 Å². The summed E-state index contributed by atoms with van der Waals surface area (Å²) in [6, 6.07) is 22.2. The molecule has 0 saturated carbocycles. The zero-order valence-electron chi connectivity index (χ0n) is 35.7. The van der Waals surface area contributed by atoms with E-state index >= 15 is 0 Å². The topological polar surface area (TPSA) is 230 Å². The number of aryl methyl sites for hydroxylation is 2. The van der Waals surface area contributed by atoms with E-state index in [9.17, 15) is 32.4 Å². The number of aliphatic carboxylic acids is 1. The lowest BCUT2D eigenvalue weighted by atomic mass is 10.1. The summed E-state index contributed by atoms with van der Waals surface area (Å²) >= 11 is 0. The van der Waals surface area contributed by atoms with Crippen LogP contribution < -0.4 is 40.8 Å². The summed E-state index contributed by atoms with van der Waals surface area (Å²) in [5.74, 6) is -0.333. The number of nitrogens with one attached hydrogen (secondary N) is 6. The molecule has 62 heavy (non-hydrogen) atoms. The Morgan fingerprint density at radius 3 is 1.73 bits per heavy atom. The molecular formula is C45H58N6O10S. The van der Waals surface area contributed by atoms with Gasteiger partial charge in [-0.1, -0.05) is 101 Å². The van der Waals surface area contributed by atoms with E-state index in [1.54, 1.807) is 49.4 Å². The second kappa shape index (κ2) is 26.6. The van der Waals surface area contributed by atoms with E-state index in [0.29, 0.717) is 34.9 Å². The first-order valence-electron chi connectivity index (χ1n) is 20.5. The predicted molar refractivity (Wildman–Crippen MR) is 240 cm³/mol. The van der Waals surface area contributed by atoms with E-state index in [4.69, 9.17) is 14.6 Å². The average Bonchev–Trinajstić information content (AvgIpc) is 3.22. The summed E-state index contributed by atoms with van der Waals surface area (Å²) in [5.41, 5.74) is 3.67. The molecule has 0 aliphatic rings. The van der Waals surface area contributed by atoms with Gasteiger partial charge in [-0.3, -0.25) is 10.1 Å². The van der Waals surface area contributed by atoms with Crippen molar-refractivity contribution in [3.8, 4) is 11.5 Å². The van der Waals surface area contributed by atoms with Crippen molar-refractivity contribution in [1.29, 1.82) is 0 Å². The van der Waals surface area contributed by atoms with E-state index in [2.05, 4.69) is 33.5 Å². The monoisotopic (exact) mass is 874 g/mol. The van der Waals surface area contributed by atoms with Crippen LogP contribution in [0.2, 0.25) is 0 Å². The SMILES string of the molecule is CCCCCCCCCCCCNC(=O)Oc1ccc(NC(=O)NS(=O)(=O)c2ccc(C)cc2)cc1.CNC(=O)Nc1ccc(C)c(NC(=O)Oc2ccc(CC(=O)O)cc2)c1. The lowest BCUT2D eigenvalue weighted by Crippen LogP contribution is -2.34. The third-order valence-corrected chi connectivity index (χ3v) is 10.5. The minimum absolute atomic E-state index is 0.00387. The molecule has 7 N–H and O–H groups in total. The summed E-state index contributed by atoms with van der Waals surface area (Å²) in [6.45, 7) is 6.43. The number of unbranched alkanes of at least 4 members (excludes halogenated alkanes) is 9. The van der Waals surface area contributed by atoms with Crippen molar-refractivity contribution in [2.45, 2.75) is 96.3 Å². The number of hydrogen-bond donors (Lipinski definition) is 7. The van der Waals surface area contributed by atoms with Gasteiger partial charge in [-0.25, -0.2) is 32.3 Å². The molecule has 0 saturated heterocycles. The number of hydrogen-bond acceptors (Lipinski definition) is 9.